The summed E-state index contributed by atoms with van der Waals surface area (Å²) in [5.41, 5.74) is 0. The van der Waals surface area contributed by atoms with Gasteiger partial charge < -0.3 is 13.9 Å². The molecule has 4 nitrogen and oxygen atoms in total. The van der Waals surface area contributed by atoms with Crippen molar-refractivity contribution in [2.75, 3.05) is 27.7 Å². The van der Waals surface area contributed by atoms with Gasteiger partial charge in [-0.05, 0) is 32.1 Å². The van der Waals surface area contributed by atoms with Crippen LogP contribution in [-0.2, 0) is 9.09 Å². The van der Waals surface area contributed by atoms with Gasteiger partial charge in [0, 0.05) is 6.42 Å². The van der Waals surface area contributed by atoms with Crippen molar-refractivity contribution in [1.82, 2.24) is 0 Å². The summed E-state index contributed by atoms with van der Waals surface area (Å²) in [6.07, 6.45) is 22.5. The lowest BCUT2D eigenvalue weighted by atomic mass is 10.1. The SMILES string of the molecule is CCCC/C=C\CCCCCCCCCCCOP(=O)(O)C(CCC)[N+](C)(C)C. The highest BCUT2D eigenvalue weighted by Gasteiger charge is 2.41. The Morgan fingerprint density at radius 2 is 1.28 bits per heavy atom. The molecule has 0 aliphatic carbocycles. The minimum absolute atomic E-state index is 0.334. The number of allylic oxidation sites excluding steroid dienone is 2. The maximum atomic E-state index is 12.6. The fourth-order valence-electron chi connectivity index (χ4n) is 3.69. The van der Waals surface area contributed by atoms with Crippen molar-refractivity contribution in [2.24, 2.45) is 0 Å². The number of nitrogens with zero attached hydrogens (tertiary/aromatic N) is 1. The smallest absolute Gasteiger partial charge is 0.320 e. The first-order valence-corrected chi connectivity index (χ1v) is 13.8. The van der Waals surface area contributed by atoms with Crippen LogP contribution in [0.25, 0.3) is 0 Å². The Labute approximate surface area is 182 Å². The molecule has 0 aliphatic rings. The van der Waals surface area contributed by atoms with E-state index in [1.54, 1.807) is 0 Å². The van der Waals surface area contributed by atoms with E-state index >= 15 is 0 Å². The van der Waals surface area contributed by atoms with Gasteiger partial charge in [0.05, 0.1) is 27.7 Å². The zero-order chi connectivity index (χ0) is 22.0. The van der Waals surface area contributed by atoms with Gasteiger partial charge in [-0.25, -0.2) is 0 Å². The third-order valence-corrected chi connectivity index (χ3v) is 7.76. The fraction of sp³-hybridized carbons (Fsp3) is 0.917. The molecular formula is C24H51NO3P+. The largest absolute Gasteiger partial charge is 0.385 e. The molecule has 0 bridgehead atoms. The second-order valence-electron chi connectivity index (χ2n) is 9.37. The maximum Gasteiger partial charge on any atom is 0.385 e. The standard InChI is InChI=1S/C24H50NO3P/c1-6-8-9-10-11-12-13-14-15-16-17-18-19-20-21-23-28-29(26,27)24(22-7-2)25(3,4)5/h10-11,24H,6-9,12-23H2,1-5H3/p+1/b11-10-. The second kappa shape index (κ2) is 17.5. The summed E-state index contributed by atoms with van der Waals surface area (Å²) in [6, 6.07) is 0. The molecule has 0 rings (SSSR count). The molecule has 5 heteroatoms. The van der Waals surface area contributed by atoms with Crippen molar-refractivity contribution in [3.05, 3.63) is 12.2 Å². The maximum absolute atomic E-state index is 12.6. The molecule has 0 aliphatic heterocycles. The van der Waals surface area contributed by atoms with E-state index in [0.29, 0.717) is 17.5 Å². The molecule has 2 atom stereocenters. The third-order valence-electron chi connectivity index (χ3n) is 5.50. The van der Waals surface area contributed by atoms with Crippen LogP contribution in [0.4, 0.5) is 0 Å². The molecule has 0 aromatic rings. The van der Waals surface area contributed by atoms with E-state index in [1.165, 1.54) is 70.6 Å². The minimum atomic E-state index is -3.56. The Bertz CT molecular complexity index is 446. The van der Waals surface area contributed by atoms with E-state index in [4.69, 9.17) is 4.52 Å². The summed E-state index contributed by atoms with van der Waals surface area (Å²) >= 11 is 0. The zero-order valence-corrected chi connectivity index (χ0v) is 21.1. The molecule has 0 radical (unpaired) electrons. The minimum Gasteiger partial charge on any atom is -0.320 e. The molecule has 2 unspecified atom stereocenters. The summed E-state index contributed by atoms with van der Waals surface area (Å²) < 4.78 is 18.6. The lowest BCUT2D eigenvalue weighted by molar-refractivity contribution is -0.883. The highest BCUT2D eigenvalue weighted by Crippen LogP contribution is 2.51. The zero-order valence-electron chi connectivity index (χ0n) is 20.2. The summed E-state index contributed by atoms with van der Waals surface area (Å²) in [4.78, 5) is 10.4. The van der Waals surface area contributed by atoms with Crippen LogP contribution < -0.4 is 0 Å². The molecule has 29 heavy (non-hydrogen) atoms. The predicted molar refractivity (Wildman–Crippen MR) is 127 cm³/mol. The number of hydrogen-bond acceptors (Lipinski definition) is 2. The van der Waals surface area contributed by atoms with Crippen LogP contribution in [0.5, 0.6) is 0 Å². The second-order valence-corrected chi connectivity index (χ2v) is 11.3. The van der Waals surface area contributed by atoms with Crippen molar-refractivity contribution in [2.45, 2.75) is 116 Å². The topological polar surface area (TPSA) is 46.5 Å². The molecule has 0 aromatic heterocycles. The number of hydrogen-bond donors (Lipinski definition) is 1. The molecule has 0 fully saturated rings. The normalized spacial score (nSPS) is 15.7. The van der Waals surface area contributed by atoms with E-state index in [0.717, 1.165) is 19.3 Å². The summed E-state index contributed by atoms with van der Waals surface area (Å²) in [7, 11) is 2.35. The molecule has 0 saturated carbocycles. The Balaban J connectivity index is 3.61. The van der Waals surface area contributed by atoms with Crippen molar-refractivity contribution in [3.63, 3.8) is 0 Å². The van der Waals surface area contributed by atoms with Crippen LogP contribution in [0.3, 0.4) is 0 Å². The quantitative estimate of drug-likeness (QED) is 0.0929. The Hall–Kier alpha value is -0.150. The summed E-state index contributed by atoms with van der Waals surface area (Å²) in [5, 5.41) is 0. The van der Waals surface area contributed by atoms with Gasteiger partial charge in [-0.15, -0.1) is 0 Å². The fourth-order valence-corrected chi connectivity index (χ4v) is 5.71. The van der Waals surface area contributed by atoms with Crippen LogP contribution in [0, 0.1) is 0 Å². The average Bonchev–Trinajstić information content (AvgIpc) is 2.64. The van der Waals surface area contributed by atoms with Crippen LogP contribution >= 0.6 is 7.60 Å². The predicted octanol–water partition coefficient (Wildman–Crippen LogP) is 7.67. The van der Waals surface area contributed by atoms with E-state index in [9.17, 15) is 9.46 Å². The van der Waals surface area contributed by atoms with E-state index in [1.807, 2.05) is 28.1 Å². The number of unbranched alkanes of at least 4 members (excludes halogenated alkanes) is 11. The van der Waals surface area contributed by atoms with Gasteiger partial charge in [-0.3, -0.25) is 4.57 Å². The van der Waals surface area contributed by atoms with Gasteiger partial charge in [0.1, 0.15) is 0 Å². The van der Waals surface area contributed by atoms with Gasteiger partial charge in [-0.1, -0.05) is 83.8 Å². The summed E-state index contributed by atoms with van der Waals surface area (Å²) in [5.74, 6) is -0.334. The van der Waals surface area contributed by atoms with E-state index < -0.39 is 7.60 Å². The number of rotatable bonds is 20. The van der Waals surface area contributed by atoms with Crippen molar-refractivity contribution in [3.8, 4) is 0 Å². The van der Waals surface area contributed by atoms with Gasteiger partial charge >= 0.3 is 7.60 Å². The lowest BCUT2D eigenvalue weighted by Gasteiger charge is -2.35. The Morgan fingerprint density at radius 1 is 0.793 bits per heavy atom. The molecular weight excluding hydrogens is 381 g/mol. The Morgan fingerprint density at radius 3 is 1.76 bits per heavy atom. The highest BCUT2D eigenvalue weighted by atomic mass is 31.2. The van der Waals surface area contributed by atoms with Crippen molar-refractivity contribution >= 4 is 7.60 Å². The molecule has 174 valence electrons. The van der Waals surface area contributed by atoms with Crippen molar-refractivity contribution in [1.29, 1.82) is 0 Å². The van der Waals surface area contributed by atoms with Gasteiger partial charge in [0.15, 0.2) is 5.78 Å². The highest BCUT2D eigenvalue weighted by molar-refractivity contribution is 7.53. The summed E-state index contributed by atoms with van der Waals surface area (Å²) in [6.45, 7) is 4.69. The van der Waals surface area contributed by atoms with Crippen LogP contribution in [0.15, 0.2) is 12.2 Å². The van der Waals surface area contributed by atoms with Gasteiger partial charge in [0.2, 0.25) is 0 Å². The van der Waals surface area contributed by atoms with Crippen LogP contribution in [0.2, 0.25) is 0 Å². The molecule has 1 N–H and O–H groups in total. The first-order valence-electron chi connectivity index (χ1n) is 12.2. The van der Waals surface area contributed by atoms with Crippen LogP contribution in [-0.4, -0.2) is 42.9 Å². The molecule has 0 amide bonds. The Kier molecular flexibility index (Phi) is 17.4. The van der Waals surface area contributed by atoms with Crippen molar-refractivity contribution < 1.29 is 18.5 Å². The van der Waals surface area contributed by atoms with Crippen LogP contribution in [0.1, 0.15) is 110 Å². The van der Waals surface area contributed by atoms with Gasteiger partial charge in [-0.2, -0.15) is 0 Å². The third kappa shape index (κ3) is 16.2. The molecule has 0 heterocycles. The van der Waals surface area contributed by atoms with E-state index in [2.05, 4.69) is 19.1 Å². The molecule has 0 spiro atoms. The molecule has 0 aromatic carbocycles. The van der Waals surface area contributed by atoms with E-state index in [-0.39, 0.29) is 5.78 Å². The number of quaternary nitrogens is 1. The average molecular weight is 433 g/mol. The first-order chi connectivity index (χ1) is 13.8. The lowest BCUT2D eigenvalue weighted by Crippen LogP contribution is -2.45. The monoisotopic (exact) mass is 432 g/mol. The molecule has 0 saturated heterocycles. The first kappa shape index (κ1) is 28.9. The van der Waals surface area contributed by atoms with Gasteiger partial charge in [0.25, 0.3) is 0 Å².